The molecule has 0 spiro atoms. The van der Waals surface area contributed by atoms with Crippen LogP contribution in [-0.2, 0) is 7.05 Å². The van der Waals surface area contributed by atoms with Crippen molar-refractivity contribution >= 4 is 5.91 Å². The van der Waals surface area contributed by atoms with Crippen LogP contribution in [0.25, 0.3) is 11.3 Å². The van der Waals surface area contributed by atoms with Crippen LogP contribution in [0.2, 0.25) is 0 Å². The molecule has 8 nitrogen and oxygen atoms in total. The number of hydrogen-bond donors (Lipinski definition) is 1. The first-order chi connectivity index (χ1) is 13.9. The maximum atomic E-state index is 13.3. The molecule has 8 heteroatoms. The molecular weight excluding hydrogens is 368 g/mol. The van der Waals surface area contributed by atoms with Gasteiger partial charge in [-0.3, -0.25) is 14.6 Å². The van der Waals surface area contributed by atoms with E-state index in [2.05, 4.69) is 29.2 Å². The van der Waals surface area contributed by atoms with Crippen LogP contribution in [0.4, 0.5) is 0 Å². The van der Waals surface area contributed by atoms with Gasteiger partial charge >= 0.3 is 0 Å². The van der Waals surface area contributed by atoms with Crippen molar-refractivity contribution < 1.29 is 9.32 Å². The van der Waals surface area contributed by atoms with Gasteiger partial charge in [0.05, 0.1) is 23.0 Å². The van der Waals surface area contributed by atoms with Gasteiger partial charge in [-0.2, -0.15) is 10.2 Å². The predicted molar refractivity (Wildman–Crippen MR) is 108 cm³/mol. The lowest BCUT2D eigenvalue weighted by Gasteiger charge is -2.34. The summed E-state index contributed by atoms with van der Waals surface area (Å²) >= 11 is 0. The summed E-state index contributed by atoms with van der Waals surface area (Å²) in [4.78, 5) is 15.2. The van der Waals surface area contributed by atoms with E-state index >= 15 is 0 Å². The van der Waals surface area contributed by atoms with Crippen molar-refractivity contribution in [3.05, 3.63) is 40.6 Å². The quantitative estimate of drug-likeness (QED) is 0.722. The predicted octanol–water partition coefficient (Wildman–Crippen LogP) is 3.91. The van der Waals surface area contributed by atoms with Crippen molar-refractivity contribution in [2.45, 2.75) is 58.9 Å². The maximum Gasteiger partial charge on any atom is 0.274 e. The van der Waals surface area contributed by atoms with Crippen molar-refractivity contribution in [2.75, 3.05) is 6.54 Å². The summed E-state index contributed by atoms with van der Waals surface area (Å²) < 4.78 is 7.39. The number of carbonyl (C=O) groups excluding carboxylic acids is 1. The number of aromatic amines is 1. The Balaban J connectivity index is 1.71. The number of amides is 1. The van der Waals surface area contributed by atoms with E-state index in [1.807, 2.05) is 38.1 Å². The number of carbonyl (C=O) groups is 1. The first kappa shape index (κ1) is 19.4. The Morgan fingerprint density at radius 2 is 2.10 bits per heavy atom. The Labute approximate surface area is 170 Å². The zero-order valence-corrected chi connectivity index (χ0v) is 17.7. The molecule has 1 saturated heterocycles. The Morgan fingerprint density at radius 1 is 1.31 bits per heavy atom. The van der Waals surface area contributed by atoms with Gasteiger partial charge < -0.3 is 9.42 Å². The fraction of sp³-hybridized carbons (Fsp3) is 0.524. The third-order valence-electron chi connectivity index (χ3n) is 5.78. The summed E-state index contributed by atoms with van der Waals surface area (Å²) in [5, 5.41) is 16.1. The zero-order valence-electron chi connectivity index (χ0n) is 17.7. The zero-order chi connectivity index (χ0) is 20.7. The summed E-state index contributed by atoms with van der Waals surface area (Å²) in [5.41, 5.74) is 5.06. The Kier molecular flexibility index (Phi) is 5.02. The Morgan fingerprint density at radius 3 is 2.76 bits per heavy atom. The minimum Gasteiger partial charge on any atom is -0.356 e. The van der Waals surface area contributed by atoms with Crippen LogP contribution < -0.4 is 0 Å². The van der Waals surface area contributed by atoms with Crippen LogP contribution in [-0.4, -0.2) is 42.5 Å². The molecule has 1 atom stereocenters. The topological polar surface area (TPSA) is 92.8 Å². The monoisotopic (exact) mass is 396 g/mol. The molecule has 29 heavy (non-hydrogen) atoms. The number of nitrogens with zero attached hydrogens (tertiary/aromatic N) is 5. The fourth-order valence-corrected chi connectivity index (χ4v) is 3.94. The molecular formula is C21H28N6O2. The molecule has 0 bridgehead atoms. The van der Waals surface area contributed by atoms with E-state index in [9.17, 15) is 4.79 Å². The van der Waals surface area contributed by atoms with Gasteiger partial charge in [0.2, 0.25) is 0 Å². The molecule has 3 aromatic rings. The largest absolute Gasteiger partial charge is 0.356 e. The van der Waals surface area contributed by atoms with E-state index in [4.69, 9.17) is 9.62 Å². The lowest BCUT2D eigenvalue weighted by molar-refractivity contribution is 0.0599. The molecule has 0 saturated carbocycles. The number of aromatic nitrogens is 5. The van der Waals surface area contributed by atoms with Gasteiger partial charge in [-0.1, -0.05) is 19.0 Å². The van der Waals surface area contributed by atoms with Crippen LogP contribution in [0.15, 0.2) is 16.8 Å². The maximum absolute atomic E-state index is 13.3. The van der Waals surface area contributed by atoms with E-state index in [1.54, 1.807) is 4.68 Å². The molecule has 1 aliphatic heterocycles. The summed E-state index contributed by atoms with van der Waals surface area (Å²) in [6.07, 6.45) is 4.84. The standard InChI is InChI=1S/C21H28N6O2/c1-12(2)16-10-17(23-22-16)21(28)27-9-7-6-8-18(27)19-15(11-26(5)24-19)20-13(3)14(4)25-29-20/h10-12,18H,6-9H2,1-5H3,(H,22,23)/t18-/m1/s1. The molecule has 3 aromatic heterocycles. The summed E-state index contributed by atoms with van der Waals surface area (Å²) in [7, 11) is 1.89. The summed E-state index contributed by atoms with van der Waals surface area (Å²) in [5.74, 6) is 0.964. The van der Waals surface area contributed by atoms with Crippen molar-refractivity contribution in [3.8, 4) is 11.3 Å². The van der Waals surface area contributed by atoms with Crippen LogP contribution in [0, 0.1) is 13.8 Å². The molecule has 1 aliphatic rings. The van der Waals surface area contributed by atoms with Crippen molar-refractivity contribution in [2.24, 2.45) is 7.05 Å². The van der Waals surface area contributed by atoms with Gasteiger partial charge in [0, 0.05) is 31.0 Å². The number of nitrogens with one attached hydrogen (secondary N) is 1. The molecule has 0 aromatic carbocycles. The molecule has 0 aliphatic carbocycles. The second-order valence-electron chi connectivity index (χ2n) is 8.20. The van der Waals surface area contributed by atoms with Crippen LogP contribution in [0.3, 0.4) is 0 Å². The van der Waals surface area contributed by atoms with E-state index < -0.39 is 0 Å². The number of H-pyrrole nitrogens is 1. The highest BCUT2D eigenvalue weighted by Gasteiger charge is 2.34. The van der Waals surface area contributed by atoms with E-state index in [-0.39, 0.29) is 11.9 Å². The van der Waals surface area contributed by atoms with Gasteiger partial charge in [-0.25, -0.2) is 0 Å². The average molecular weight is 396 g/mol. The SMILES string of the molecule is Cc1noc(-c2cn(C)nc2[C@H]2CCCCN2C(=O)c2cc(C(C)C)[nH]n2)c1C. The van der Waals surface area contributed by atoms with Gasteiger partial charge in [0.1, 0.15) is 5.69 Å². The van der Waals surface area contributed by atoms with E-state index in [0.717, 1.165) is 53.2 Å². The van der Waals surface area contributed by atoms with Crippen LogP contribution in [0.5, 0.6) is 0 Å². The number of likely N-dealkylation sites (tertiary alicyclic amines) is 1. The van der Waals surface area contributed by atoms with Crippen LogP contribution in [0.1, 0.15) is 78.2 Å². The molecule has 1 amide bonds. The molecule has 0 unspecified atom stereocenters. The van der Waals surface area contributed by atoms with Crippen LogP contribution >= 0.6 is 0 Å². The van der Waals surface area contributed by atoms with E-state index in [0.29, 0.717) is 18.2 Å². The van der Waals surface area contributed by atoms with Crippen molar-refractivity contribution in [3.63, 3.8) is 0 Å². The van der Waals surface area contributed by atoms with Gasteiger partial charge in [0.25, 0.3) is 5.91 Å². The van der Waals surface area contributed by atoms with Crippen molar-refractivity contribution in [1.82, 2.24) is 30.0 Å². The molecule has 4 rings (SSSR count). The van der Waals surface area contributed by atoms with Gasteiger partial charge in [-0.05, 0) is 45.1 Å². The minimum atomic E-state index is -0.114. The van der Waals surface area contributed by atoms with E-state index in [1.165, 1.54) is 0 Å². The second kappa shape index (κ2) is 7.50. The summed E-state index contributed by atoms with van der Waals surface area (Å²) in [6, 6.07) is 1.75. The second-order valence-corrected chi connectivity index (χ2v) is 8.20. The molecule has 1 N–H and O–H groups in total. The number of aryl methyl sites for hydroxylation is 2. The average Bonchev–Trinajstić information content (AvgIpc) is 3.41. The molecule has 1 fully saturated rings. The lowest BCUT2D eigenvalue weighted by atomic mass is 9.95. The molecule has 154 valence electrons. The first-order valence-corrected chi connectivity index (χ1v) is 10.2. The lowest BCUT2D eigenvalue weighted by Crippen LogP contribution is -2.39. The van der Waals surface area contributed by atoms with Gasteiger partial charge in [-0.15, -0.1) is 0 Å². The molecule has 4 heterocycles. The van der Waals surface area contributed by atoms with Gasteiger partial charge in [0.15, 0.2) is 5.76 Å². The normalized spacial score (nSPS) is 17.3. The fourth-order valence-electron chi connectivity index (χ4n) is 3.94. The summed E-state index contributed by atoms with van der Waals surface area (Å²) in [6.45, 7) is 8.77. The number of piperidine rings is 1. The Bertz CT molecular complexity index is 1030. The number of rotatable bonds is 4. The number of hydrogen-bond acceptors (Lipinski definition) is 5. The third-order valence-corrected chi connectivity index (χ3v) is 5.78. The molecule has 0 radical (unpaired) electrons. The first-order valence-electron chi connectivity index (χ1n) is 10.2. The van der Waals surface area contributed by atoms with Crippen molar-refractivity contribution in [1.29, 1.82) is 0 Å². The minimum absolute atomic E-state index is 0.0556. The highest BCUT2D eigenvalue weighted by molar-refractivity contribution is 5.93. The highest BCUT2D eigenvalue weighted by atomic mass is 16.5. The third kappa shape index (κ3) is 3.47. The smallest absolute Gasteiger partial charge is 0.274 e. The highest BCUT2D eigenvalue weighted by Crippen LogP contribution is 2.38. The Hall–Kier alpha value is -2.90.